The fourth-order valence-corrected chi connectivity index (χ4v) is 2.43. The molecule has 0 aliphatic carbocycles. The summed E-state index contributed by atoms with van der Waals surface area (Å²) in [6.45, 7) is 10.3. The first-order valence-corrected chi connectivity index (χ1v) is 6.98. The molecule has 0 saturated carbocycles. The fraction of sp³-hybridized carbons (Fsp3) is 0.846. The molecular formula is C13H24N4O. The Kier molecular flexibility index (Phi) is 4.58. The minimum Gasteiger partial charge on any atom is -0.407 e. The average molecular weight is 252 g/mol. The van der Waals surface area contributed by atoms with Crippen LogP contribution < -0.4 is 10.2 Å². The van der Waals surface area contributed by atoms with Crippen molar-refractivity contribution in [2.75, 3.05) is 24.5 Å². The zero-order chi connectivity index (χ0) is 13.0. The molecule has 0 radical (unpaired) electrons. The molecule has 5 heteroatoms. The minimum absolute atomic E-state index is 0.659. The van der Waals surface area contributed by atoms with Crippen LogP contribution in [0.5, 0.6) is 0 Å². The van der Waals surface area contributed by atoms with Gasteiger partial charge in [-0.2, -0.15) is 0 Å². The van der Waals surface area contributed by atoms with Crippen molar-refractivity contribution in [3.63, 3.8) is 0 Å². The molecule has 1 aromatic heterocycles. The zero-order valence-electron chi connectivity index (χ0n) is 11.6. The van der Waals surface area contributed by atoms with Gasteiger partial charge < -0.3 is 14.6 Å². The molecule has 0 amide bonds. The van der Waals surface area contributed by atoms with E-state index in [1.54, 1.807) is 0 Å². The van der Waals surface area contributed by atoms with Crippen molar-refractivity contribution < 1.29 is 4.42 Å². The van der Waals surface area contributed by atoms with Gasteiger partial charge in [0.15, 0.2) is 0 Å². The van der Waals surface area contributed by atoms with Crippen LogP contribution in [-0.2, 0) is 6.54 Å². The second kappa shape index (κ2) is 6.18. The third kappa shape index (κ3) is 3.22. The first-order valence-electron chi connectivity index (χ1n) is 6.98. The van der Waals surface area contributed by atoms with Crippen molar-refractivity contribution in [3.8, 4) is 0 Å². The molecule has 1 fully saturated rings. The van der Waals surface area contributed by atoms with E-state index >= 15 is 0 Å². The number of piperidine rings is 1. The molecule has 1 aliphatic rings. The molecule has 1 aliphatic heterocycles. The summed E-state index contributed by atoms with van der Waals surface area (Å²) in [6.07, 6.45) is 2.45. The Balaban J connectivity index is 1.87. The Labute approximate surface area is 109 Å². The van der Waals surface area contributed by atoms with E-state index in [4.69, 9.17) is 4.42 Å². The van der Waals surface area contributed by atoms with Crippen LogP contribution >= 0.6 is 0 Å². The standard InChI is InChI=1S/C13H24N4O/c1-4-14-9-12-15-16-13(18-12)17-7-5-11(6-8-17)10(2)3/h10-11,14H,4-9H2,1-3H3. The zero-order valence-corrected chi connectivity index (χ0v) is 11.6. The summed E-state index contributed by atoms with van der Waals surface area (Å²) in [6, 6.07) is 0.685. The Morgan fingerprint density at radius 2 is 2.06 bits per heavy atom. The number of anilines is 1. The Morgan fingerprint density at radius 3 is 2.67 bits per heavy atom. The smallest absolute Gasteiger partial charge is 0.318 e. The monoisotopic (exact) mass is 252 g/mol. The van der Waals surface area contributed by atoms with Crippen molar-refractivity contribution in [2.24, 2.45) is 11.8 Å². The van der Waals surface area contributed by atoms with Crippen LogP contribution in [0, 0.1) is 11.8 Å². The molecule has 0 spiro atoms. The van der Waals surface area contributed by atoms with Crippen LogP contribution in [0.1, 0.15) is 39.5 Å². The van der Waals surface area contributed by atoms with Gasteiger partial charge in [0.2, 0.25) is 5.89 Å². The molecule has 1 saturated heterocycles. The van der Waals surface area contributed by atoms with Crippen LogP contribution in [0.25, 0.3) is 0 Å². The van der Waals surface area contributed by atoms with Gasteiger partial charge in [0.25, 0.3) is 0 Å². The molecule has 1 N–H and O–H groups in total. The SMILES string of the molecule is CCNCc1nnc(N2CCC(C(C)C)CC2)o1. The number of aromatic nitrogens is 2. The largest absolute Gasteiger partial charge is 0.407 e. The maximum absolute atomic E-state index is 5.66. The summed E-state index contributed by atoms with van der Waals surface area (Å²) in [4.78, 5) is 2.21. The highest BCUT2D eigenvalue weighted by Gasteiger charge is 2.24. The van der Waals surface area contributed by atoms with Crippen molar-refractivity contribution in [2.45, 2.75) is 40.2 Å². The van der Waals surface area contributed by atoms with Gasteiger partial charge in [-0.05, 0) is 31.2 Å². The second-order valence-corrected chi connectivity index (χ2v) is 5.33. The summed E-state index contributed by atoms with van der Waals surface area (Å²) in [7, 11) is 0. The molecule has 0 bridgehead atoms. The van der Waals surface area contributed by atoms with Gasteiger partial charge in [0.05, 0.1) is 6.54 Å². The Bertz CT molecular complexity index is 356. The van der Waals surface area contributed by atoms with Gasteiger partial charge >= 0.3 is 6.01 Å². The molecule has 18 heavy (non-hydrogen) atoms. The summed E-state index contributed by atoms with van der Waals surface area (Å²) in [5.41, 5.74) is 0. The maximum Gasteiger partial charge on any atom is 0.318 e. The van der Waals surface area contributed by atoms with E-state index < -0.39 is 0 Å². The van der Waals surface area contributed by atoms with E-state index in [0.29, 0.717) is 18.5 Å². The lowest BCUT2D eigenvalue weighted by Gasteiger charge is -2.32. The van der Waals surface area contributed by atoms with Gasteiger partial charge in [-0.1, -0.05) is 25.9 Å². The summed E-state index contributed by atoms with van der Waals surface area (Å²) >= 11 is 0. The van der Waals surface area contributed by atoms with Gasteiger partial charge in [-0.15, -0.1) is 5.10 Å². The molecule has 102 valence electrons. The molecular weight excluding hydrogens is 228 g/mol. The van der Waals surface area contributed by atoms with E-state index in [-0.39, 0.29) is 0 Å². The third-order valence-electron chi connectivity index (χ3n) is 3.74. The van der Waals surface area contributed by atoms with Crippen LogP contribution in [0.2, 0.25) is 0 Å². The molecule has 0 aromatic carbocycles. The Hall–Kier alpha value is -1.10. The van der Waals surface area contributed by atoms with Gasteiger partial charge in [0.1, 0.15) is 0 Å². The highest BCUT2D eigenvalue weighted by Crippen LogP contribution is 2.27. The number of rotatable bonds is 5. The van der Waals surface area contributed by atoms with E-state index in [0.717, 1.165) is 31.5 Å². The lowest BCUT2D eigenvalue weighted by atomic mass is 9.87. The highest BCUT2D eigenvalue weighted by atomic mass is 16.4. The number of nitrogens with one attached hydrogen (secondary N) is 1. The maximum atomic E-state index is 5.66. The predicted molar refractivity (Wildman–Crippen MR) is 71.5 cm³/mol. The van der Waals surface area contributed by atoms with Crippen molar-refractivity contribution in [1.29, 1.82) is 0 Å². The summed E-state index contributed by atoms with van der Waals surface area (Å²) in [5.74, 6) is 2.29. The lowest BCUT2D eigenvalue weighted by Crippen LogP contribution is -2.35. The predicted octanol–water partition coefficient (Wildman–Crippen LogP) is 2.05. The second-order valence-electron chi connectivity index (χ2n) is 5.33. The molecule has 1 aromatic rings. The third-order valence-corrected chi connectivity index (χ3v) is 3.74. The molecule has 2 heterocycles. The molecule has 0 atom stereocenters. The van der Waals surface area contributed by atoms with Crippen LogP contribution in [-0.4, -0.2) is 29.8 Å². The summed E-state index contributed by atoms with van der Waals surface area (Å²) in [5, 5.41) is 11.4. The van der Waals surface area contributed by atoms with Crippen LogP contribution in [0.4, 0.5) is 6.01 Å². The minimum atomic E-state index is 0.659. The van der Waals surface area contributed by atoms with E-state index in [9.17, 15) is 0 Å². The van der Waals surface area contributed by atoms with Crippen molar-refractivity contribution in [1.82, 2.24) is 15.5 Å². The molecule has 5 nitrogen and oxygen atoms in total. The first kappa shape index (κ1) is 13.3. The average Bonchev–Trinajstić information content (AvgIpc) is 2.85. The number of hydrogen-bond acceptors (Lipinski definition) is 5. The van der Waals surface area contributed by atoms with E-state index in [1.165, 1.54) is 12.8 Å². The quantitative estimate of drug-likeness (QED) is 0.869. The van der Waals surface area contributed by atoms with E-state index in [1.807, 2.05) is 0 Å². The fourth-order valence-electron chi connectivity index (χ4n) is 2.43. The topological polar surface area (TPSA) is 54.2 Å². The van der Waals surface area contributed by atoms with E-state index in [2.05, 4.69) is 41.2 Å². The highest BCUT2D eigenvalue weighted by molar-refractivity contribution is 5.24. The summed E-state index contributed by atoms with van der Waals surface area (Å²) < 4.78 is 5.66. The normalized spacial score (nSPS) is 17.7. The van der Waals surface area contributed by atoms with Gasteiger partial charge in [-0.25, -0.2) is 0 Å². The van der Waals surface area contributed by atoms with Crippen molar-refractivity contribution >= 4 is 6.01 Å². The van der Waals surface area contributed by atoms with Gasteiger partial charge in [-0.3, -0.25) is 0 Å². The van der Waals surface area contributed by atoms with Crippen molar-refractivity contribution in [3.05, 3.63) is 5.89 Å². The molecule has 0 unspecified atom stereocenters. The number of nitrogens with zero attached hydrogens (tertiary/aromatic N) is 3. The Morgan fingerprint density at radius 1 is 1.33 bits per heavy atom. The first-order chi connectivity index (χ1) is 8.70. The lowest BCUT2D eigenvalue weighted by molar-refractivity contribution is 0.303. The van der Waals surface area contributed by atoms with Gasteiger partial charge in [0, 0.05) is 13.1 Å². The van der Waals surface area contributed by atoms with Crippen LogP contribution in [0.3, 0.4) is 0 Å². The van der Waals surface area contributed by atoms with Crippen LogP contribution in [0.15, 0.2) is 4.42 Å². The number of hydrogen-bond donors (Lipinski definition) is 1. The molecule has 2 rings (SSSR count).